The maximum Gasteiger partial charge on any atom is 0.254 e. The van der Waals surface area contributed by atoms with Gasteiger partial charge < -0.3 is 14.4 Å². The maximum atomic E-state index is 12.5. The summed E-state index contributed by atoms with van der Waals surface area (Å²) in [5, 5.41) is 1.59. The van der Waals surface area contributed by atoms with Crippen molar-refractivity contribution in [2.24, 2.45) is 0 Å². The first-order chi connectivity index (χ1) is 13.0. The molecule has 1 fully saturated rings. The number of nitrogens with one attached hydrogen (secondary N) is 1. The van der Waals surface area contributed by atoms with Crippen molar-refractivity contribution in [1.29, 1.82) is 0 Å². The summed E-state index contributed by atoms with van der Waals surface area (Å²) in [6, 6.07) is 8.67. The molecule has 1 aromatic carbocycles. The lowest BCUT2D eigenvalue weighted by atomic mass is 10.2. The summed E-state index contributed by atoms with van der Waals surface area (Å²) >= 11 is 1.04. The van der Waals surface area contributed by atoms with Gasteiger partial charge in [0.2, 0.25) is 10.0 Å². The first-order valence-electron chi connectivity index (χ1n) is 8.66. The second kappa shape index (κ2) is 8.83. The number of amides is 1. The summed E-state index contributed by atoms with van der Waals surface area (Å²) in [6.07, 6.45) is 0. The monoisotopic (exact) mass is 410 g/mol. The number of rotatable bonds is 7. The summed E-state index contributed by atoms with van der Waals surface area (Å²) in [5.74, 6) is 0.580. The molecule has 1 N–H and O–H groups in total. The van der Waals surface area contributed by atoms with E-state index in [0.29, 0.717) is 38.5 Å². The van der Waals surface area contributed by atoms with Crippen LogP contribution in [0.15, 0.2) is 39.9 Å². The third-order valence-electron chi connectivity index (χ3n) is 4.09. The summed E-state index contributed by atoms with van der Waals surface area (Å²) in [7, 11) is -3.68. The molecule has 0 saturated carbocycles. The Balaban J connectivity index is 1.63. The van der Waals surface area contributed by atoms with Crippen LogP contribution >= 0.6 is 11.3 Å². The van der Waals surface area contributed by atoms with E-state index < -0.39 is 10.0 Å². The van der Waals surface area contributed by atoms with E-state index in [4.69, 9.17) is 9.47 Å². The third-order valence-corrected chi connectivity index (χ3v) is 6.93. The van der Waals surface area contributed by atoms with Crippen molar-refractivity contribution < 1.29 is 22.7 Å². The normalized spacial score (nSPS) is 14.9. The Morgan fingerprint density at radius 3 is 2.63 bits per heavy atom. The maximum absolute atomic E-state index is 12.5. The fourth-order valence-electron chi connectivity index (χ4n) is 2.64. The molecule has 2 heterocycles. The Bertz CT molecular complexity index is 871. The van der Waals surface area contributed by atoms with Crippen LogP contribution in [0.3, 0.4) is 0 Å². The SMILES string of the molecule is CCOc1ccc(CNS(=O)(=O)c2cc(C(=O)N3CCOCC3)cs2)cc1. The average molecular weight is 411 g/mol. The number of benzene rings is 1. The zero-order chi connectivity index (χ0) is 19.3. The number of nitrogens with zero attached hydrogens (tertiary/aromatic N) is 1. The Morgan fingerprint density at radius 2 is 1.96 bits per heavy atom. The Labute approximate surface area is 163 Å². The van der Waals surface area contributed by atoms with Crippen molar-refractivity contribution in [2.75, 3.05) is 32.9 Å². The molecule has 1 saturated heterocycles. The quantitative estimate of drug-likeness (QED) is 0.756. The summed E-state index contributed by atoms with van der Waals surface area (Å²) in [6.45, 7) is 4.70. The molecule has 1 aliphatic heterocycles. The van der Waals surface area contributed by atoms with E-state index in [-0.39, 0.29) is 16.7 Å². The Morgan fingerprint density at radius 1 is 1.26 bits per heavy atom. The summed E-state index contributed by atoms with van der Waals surface area (Å²) in [4.78, 5) is 14.1. The van der Waals surface area contributed by atoms with Gasteiger partial charge in [-0.1, -0.05) is 12.1 Å². The van der Waals surface area contributed by atoms with E-state index in [9.17, 15) is 13.2 Å². The second-order valence-electron chi connectivity index (χ2n) is 5.96. The van der Waals surface area contributed by atoms with E-state index in [1.54, 1.807) is 22.4 Å². The number of hydrogen-bond acceptors (Lipinski definition) is 6. The molecule has 1 amide bonds. The van der Waals surface area contributed by atoms with E-state index in [2.05, 4.69) is 4.72 Å². The Kier molecular flexibility index (Phi) is 6.48. The lowest BCUT2D eigenvalue weighted by Crippen LogP contribution is -2.40. The zero-order valence-electron chi connectivity index (χ0n) is 15.0. The number of morpholine rings is 1. The predicted molar refractivity (Wildman–Crippen MR) is 103 cm³/mol. The van der Waals surface area contributed by atoms with Crippen LogP contribution in [0.1, 0.15) is 22.8 Å². The van der Waals surface area contributed by atoms with Gasteiger partial charge in [0.1, 0.15) is 9.96 Å². The van der Waals surface area contributed by atoms with Gasteiger partial charge in [0.05, 0.1) is 25.4 Å². The molecule has 0 aliphatic carbocycles. The van der Waals surface area contributed by atoms with Gasteiger partial charge in [0.25, 0.3) is 5.91 Å². The van der Waals surface area contributed by atoms with Gasteiger partial charge >= 0.3 is 0 Å². The van der Waals surface area contributed by atoms with Crippen LogP contribution in [0.25, 0.3) is 0 Å². The van der Waals surface area contributed by atoms with Gasteiger partial charge in [0.15, 0.2) is 0 Å². The Hall–Kier alpha value is -1.94. The number of thiophene rings is 1. The van der Waals surface area contributed by atoms with Crippen LogP contribution in [0, 0.1) is 0 Å². The highest BCUT2D eigenvalue weighted by molar-refractivity contribution is 7.91. The van der Waals surface area contributed by atoms with Crippen LogP contribution in [0.2, 0.25) is 0 Å². The van der Waals surface area contributed by atoms with Crippen LogP contribution < -0.4 is 9.46 Å². The first kappa shape index (κ1) is 19.8. The fraction of sp³-hybridized carbons (Fsp3) is 0.389. The van der Waals surface area contributed by atoms with Gasteiger partial charge in [-0.3, -0.25) is 4.79 Å². The number of sulfonamides is 1. The van der Waals surface area contributed by atoms with Crippen molar-refractivity contribution in [3.05, 3.63) is 46.8 Å². The van der Waals surface area contributed by atoms with Crippen molar-refractivity contribution >= 4 is 27.3 Å². The molecule has 0 atom stereocenters. The molecule has 0 spiro atoms. The molecule has 7 nitrogen and oxygen atoms in total. The topological polar surface area (TPSA) is 84.9 Å². The van der Waals surface area contributed by atoms with Crippen LogP contribution in [-0.4, -0.2) is 52.1 Å². The van der Waals surface area contributed by atoms with Gasteiger partial charge in [0, 0.05) is 25.0 Å². The molecule has 0 unspecified atom stereocenters. The van der Waals surface area contributed by atoms with Crippen molar-refractivity contribution in [3.63, 3.8) is 0 Å². The van der Waals surface area contributed by atoms with E-state index in [0.717, 1.165) is 22.6 Å². The van der Waals surface area contributed by atoms with Crippen LogP contribution in [-0.2, 0) is 21.3 Å². The lowest BCUT2D eigenvalue weighted by Gasteiger charge is -2.26. The minimum Gasteiger partial charge on any atom is -0.494 e. The summed E-state index contributed by atoms with van der Waals surface area (Å²) < 4.78 is 38.3. The third kappa shape index (κ3) is 5.07. The van der Waals surface area contributed by atoms with Gasteiger partial charge in [-0.05, 0) is 30.7 Å². The molecule has 1 aromatic heterocycles. The van der Waals surface area contributed by atoms with Crippen molar-refractivity contribution in [3.8, 4) is 5.75 Å². The van der Waals surface area contributed by atoms with Crippen molar-refractivity contribution in [1.82, 2.24) is 9.62 Å². The van der Waals surface area contributed by atoms with Crippen LogP contribution in [0.5, 0.6) is 5.75 Å². The zero-order valence-corrected chi connectivity index (χ0v) is 16.6. The molecule has 1 aliphatic rings. The average Bonchev–Trinajstić information content (AvgIpc) is 3.19. The van der Waals surface area contributed by atoms with Gasteiger partial charge in [-0.15, -0.1) is 11.3 Å². The molecule has 0 bridgehead atoms. The molecule has 146 valence electrons. The molecule has 0 radical (unpaired) electrons. The molecule has 27 heavy (non-hydrogen) atoms. The highest BCUT2D eigenvalue weighted by Crippen LogP contribution is 2.22. The standard InChI is InChI=1S/C18H22N2O5S2/c1-2-25-16-5-3-14(4-6-16)12-19-27(22,23)17-11-15(13-26-17)18(21)20-7-9-24-10-8-20/h3-6,11,13,19H,2,7-10,12H2,1H3. The molecular weight excluding hydrogens is 388 g/mol. The number of carbonyl (C=O) groups is 1. The minimum absolute atomic E-state index is 0.130. The van der Waals surface area contributed by atoms with E-state index in [1.165, 1.54) is 6.07 Å². The molecule has 3 rings (SSSR count). The predicted octanol–water partition coefficient (Wildman–Crippen LogP) is 2.10. The van der Waals surface area contributed by atoms with Crippen molar-refractivity contribution in [2.45, 2.75) is 17.7 Å². The van der Waals surface area contributed by atoms with E-state index >= 15 is 0 Å². The lowest BCUT2D eigenvalue weighted by molar-refractivity contribution is 0.0303. The smallest absolute Gasteiger partial charge is 0.254 e. The first-order valence-corrected chi connectivity index (χ1v) is 11.0. The summed E-state index contributed by atoms with van der Waals surface area (Å²) in [5.41, 5.74) is 1.21. The fourth-order valence-corrected chi connectivity index (χ4v) is 4.85. The number of carbonyl (C=O) groups excluding carboxylic acids is 1. The molecule has 9 heteroatoms. The minimum atomic E-state index is -3.68. The highest BCUT2D eigenvalue weighted by atomic mass is 32.2. The van der Waals surface area contributed by atoms with Gasteiger partial charge in [-0.25, -0.2) is 13.1 Å². The molecule has 2 aromatic rings. The molecular formula is C18H22N2O5S2. The number of ether oxygens (including phenoxy) is 2. The largest absolute Gasteiger partial charge is 0.494 e. The van der Waals surface area contributed by atoms with Crippen LogP contribution in [0.4, 0.5) is 0 Å². The second-order valence-corrected chi connectivity index (χ2v) is 8.87. The number of hydrogen-bond donors (Lipinski definition) is 1. The van der Waals surface area contributed by atoms with E-state index in [1.807, 2.05) is 19.1 Å². The van der Waals surface area contributed by atoms with Gasteiger partial charge in [-0.2, -0.15) is 0 Å². The highest BCUT2D eigenvalue weighted by Gasteiger charge is 2.23.